The zero-order valence-electron chi connectivity index (χ0n) is 19.6. The van der Waals surface area contributed by atoms with Crippen LogP contribution in [-0.4, -0.2) is 80.9 Å². The molecule has 0 bridgehead atoms. The van der Waals surface area contributed by atoms with Crippen molar-refractivity contribution in [2.24, 2.45) is 5.92 Å². The Morgan fingerprint density at radius 3 is 2.18 bits per heavy atom. The summed E-state index contributed by atoms with van der Waals surface area (Å²) in [4.78, 5) is 31.4. The fraction of sp³-hybridized carbons (Fsp3) is 0.458. The Hall–Kier alpha value is -3.69. The maximum atomic E-state index is 13.1. The Kier molecular flexibility index (Phi) is 6.04. The third-order valence-electron chi connectivity index (χ3n) is 6.64. The minimum atomic E-state index is -0.115. The number of hydrogen-bond donors (Lipinski definition) is 0. The lowest BCUT2D eigenvalue weighted by Crippen LogP contribution is -2.53. The number of piperazine rings is 1. The number of furan rings is 1. The van der Waals surface area contributed by atoms with Crippen LogP contribution in [0.15, 0.2) is 41.0 Å². The van der Waals surface area contributed by atoms with Crippen molar-refractivity contribution in [3.8, 4) is 5.82 Å². The number of carbonyl (C=O) groups is 2. The number of aromatic nitrogens is 4. The molecule has 0 spiro atoms. The summed E-state index contributed by atoms with van der Waals surface area (Å²) >= 11 is 0. The van der Waals surface area contributed by atoms with Crippen molar-refractivity contribution < 1.29 is 14.0 Å². The average Bonchev–Trinajstić information content (AvgIpc) is 3.53. The fourth-order valence-electron chi connectivity index (χ4n) is 4.76. The molecule has 178 valence electrons. The number of aryl methyl sites for hydroxylation is 2. The molecule has 3 aromatic rings. The summed E-state index contributed by atoms with van der Waals surface area (Å²) in [5, 5.41) is 13.2. The van der Waals surface area contributed by atoms with E-state index < -0.39 is 0 Å². The molecule has 0 N–H and O–H groups in total. The first-order chi connectivity index (χ1) is 16.5. The van der Waals surface area contributed by atoms with Crippen molar-refractivity contribution in [3.63, 3.8) is 0 Å². The molecule has 5 rings (SSSR count). The second-order valence-electron chi connectivity index (χ2n) is 8.94. The molecule has 2 saturated heterocycles. The van der Waals surface area contributed by atoms with Crippen LogP contribution in [0, 0.1) is 19.8 Å². The van der Waals surface area contributed by atoms with E-state index in [1.54, 1.807) is 21.7 Å². The van der Waals surface area contributed by atoms with E-state index in [4.69, 9.17) is 4.42 Å². The molecule has 2 aliphatic heterocycles. The number of anilines is 1. The molecule has 0 radical (unpaired) electrons. The van der Waals surface area contributed by atoms with Gasteiger partial charge in [0.15, 0.2) is 17.4 Å². The minimum Gasteiger partial charge on any atom is -0.459 e. The topological polar surface area (TPSA) is 101 Å². The van der Waals surface area contributed by atoms with E-state index in [9.17, 15) is 9.59 Å². The molecule has 0 aliphatic carbocycles. The Morgan fingerprint density at radius 1 is 0.912 bits per heavy atom. The molecule has 5 heterocycles. The summed E-state index contributed by atoms with van der Waals surface area (Å²) < 4.78 is 7.00. The van der Waals surface area contributed by atoms with E-state index in [-0.39, 0.29) is 17.7 Å². The number of carbonyl (C=O) groups excluding carboxylic acids is 2. The summed E-state index contributed by atoms with van der Waals surface area (Å²) in [6.07, 6.45) is 3.07. The monoisotopic (exact) mass is 463 g/mol. The predicted molar refractivity (Wildman–Crippen MR) is 125 cm³/mol. The van der Waals surface area contributed by atoms with Gasteiger partial charge in [0.2, 0.25) is 5.91 Å². The first kappa shape index (κ1) is 22.1. The van der Waals surface area contributed by atoms with Crippen LogP contribution in [0.1, 0.15) is 34.8 Å². The van der Waals surface area contributed by atoms with Crippen LogP contribution in [0.25, 0.3) is 5.82 Å². The normalized spacial score (nSPS) is 17.3. The van der Waals surface area contributed by atoms with Crippen LogP contribution in [0.5, 0.6) is 0 Å². The second-order valence-corrected chi connectivity index (χ2v) is 8.94. The highest BCUT2D eigenvalue weighted by atomic mass is 16.3. The lowest BCUT2D eigenvalue weighted by atomic mass is 9.95. The summed E-state index contributed by atoms with van der Waals surface area (Å²) in [6, 6.07) is 9.29. The smallest absolute Gasteiger partial charge is 0.289 e. The van der Waals surface area contributed by atoms with Crippen LogP contribution in [-0.2, 0) is 4.79 Å². The lowest BCUT2D eigenvalue weighted by Gasteiger charge is -2.38. The minimum absolute atomic E-state index is 0.00510. The third kappa shape index (κ3) is 4.40. The van der Waals surface area contributed by atoms with E-state index in [0.717, 1.165) is 43.1 Å². The number of nitrogens with zero attached hydrogens (tertiary/aromatic N) is 7. The molecule has 0 aromatic carbocycles. The van der Waals surface area contributed by atoms with Gasteiger partial charge < -0.3 is 19.1 Å². The lowest BCUT2D eigenvalue weighted by molar-refractivity contribution is -0.137. The molecule has 10 nitrogen and oxygen atoms in total. The highest BCUT2D eigenvalue weighted by molar-refractivity contribution is 5.91. The highest BCUT2D eigenvalue weighted by Crippen LogP contribution is 2.24. The van der Waals surface area contributed by atoms with Gasteiger partial charge in [0, 0.05) is 50.9 Å². The molecule has 3 aromatic heterocycles. The SMILES string of the molecule is Cc1cc(C)n(-c2ccc(N3CCC(C(=O)N4CCN(C(=O)c5ccco5)CC4)CC3)nn2)n1. The van der Waals surface area contributed by atoms with Gasteiger partial charge in [-0.15, -0.1) is 10.2 Å². The highest BCUT2D eigenvalue weighted by Gasteiger charge is 2.32. The van der Waals surface area contributed by atoms with Gasteiger partial charge in [0.05, 0.1) is 12.0 Å². The summed E-state index contributed by atoms with van der Waals surface area (Å²) in [5.41, 5.74) is 1.96. The zero-order valence-corrected chi connectivity index (χ0v) is 19.6. The number of hydrogen-bond acceptors (Lipinski definition) is 7. The molecule has 2 amide bonds. The number of piperidine rings is 1. The van der Waals surface area contributed by atoms with Gasteiger partial charge >= 0.3 is 0 Å². The first-order valence-corrected chi connectivity index (χ1v) is 11.7. The van der Waals surface area contributed by atoms with Gasteiger partial charge in [0.25, 0.3) is 5.91 Å². The van der Waals surface area contributed by atoms with Crippen LogP contribution in [0.2, 0.25) is 0 Å². The summed E-state index contributed by atoms with van der Waals surface area (Å²) in [6.45, 7) is 7.66. The van der Waals surface area contributed by atoms with Crippen molar-refractivity contribution in [1.29, 1.82) is 0 Å². The molecular formula is C24H29N7O3. The van der Waals surface area contributed by atoms with E-state index in [0.29, 0.717) is 37.8 Å². The fourth-order valence-corrected chi connectivity index (χ4v) is 4.76. The maximum Gasteiger partial charge on any atom is 0.289 e. The van der Waals surface area contributed by atoms with Gasteiger partial charge in [0.1, 0.15) is 0 Å². The molecule has 10 heteroatoms. The Morgan fingerprint density at radius 2 is 1.59 bits per heavy atom. The molecule has 34 heavy (non-hydrogen) atoms. The van der Waals surface area contributed by atoms with Gasteiger partial charge in [-0.25, -0.2) is 4.68 Å². The first-order valence-electron chi connectivity index (χ1n) is 11.7. The van der Waals surface area contributed by atoms with Crippen LogP contribution < -0.4 is 4.90 Å². The van der Waals surface area contributed by atoms with Gasteiger partial charge in [-0.1, -0.05) is 0 Å². The quantitative estimate of drug-likeness (QED) is 0.584. The molecule has 2 fully saturated rings. The Balaban J connectivity index is 1.12. The van der Waals surface area contributed by atoms with Crippen LogP contribution in [0.4, 0.5) is 5.82 Å². The maximum absolute atomic E-state index is 13.1. The summed E-state index contributed by atoms with van der Waals surface area (Å²) in [7, 11) is 0. The van der Waals surface area contributed by atoms with E-state index in [2.05, 4.69) is 20.2 Å². The molecule has 2 aliphatic rings. The Labute approximate surface area is 198 Å². The van der Waals surface area contributed by atoms with Crippen LogP contribution >= 0.6 is 0 Å². The largest absolute Gasteiger partial charge is 0.459 e. The summed E-state index contributed by atoms with van der Waals surface area (Å²) in [5.74, 6) is 1.94. The van der Waals surface area contributed by atoms with Crippen molar-refractivity contribution in [2.75, 3.05) is 44.2 Å². The average molecular weight is 464 g/mol. The van der Waals surface area contributed by atoms with Crippen molar-refractivity contribution in [3.05, 3.63) is 53.7 Å². The number of amides is 2. The van der Waals surface area contributed by atoms with E-state index in [1.807, 2.05) is 36.9 Å². The van der Waals surface area contributed by atoms with E-state index >= 15 is 0 Å². The van der Waals surface area contributed by atoms with Crippen LogP contribution in [0.3, 0.4) is 0 Å². The van der Waals surface area contributed by atoms with Gasteiger partial charge in [-0.2, -0.15) is 5.10 Å². The van der Waals surface area contributed by atoms with Crippen molar-refractivity contribution in [1.82, 2.24) is 29.8 Å². The van der Waals surface area contributed by atoms with Gasteiger partial charge in [-0.3, -0.25) is 9.59 Å². The van der Waals surface area contributed by atoms with Crippen molar-refractivity contribution >= 4 is 17.6 Å². The second kappa shape index (κ2) is 9.28. The predicted octanol–water partition coefficient (Wildman–Crippen LogP) is 2.07. The molecule has 0 atom stereocenters. The standard InChI is InChI=1S/C24H29N7O3/c1-17-16-18(2)31(27-17)22-6-5-21(25-26-22)28-9-7-19(8-10-28)23(32)29-11-13-30(14-12-29)24(33)20-4-3-15-34-20/h3-6,15-16,19H,7-14H2,1-2H3. The van der Waals surface area contributed by atoms with E-state index in [1.165, 1.54) is 6.26 Å². The Bertz CT molecular complexity index is 1140. The molecule has 0 unspecified atom stereocenters. The number of rotatable bonds is 4. The zero-order chi connectivity index (χ0) is 23.7. The molecule has 0 saturated carbocycles. The van der Waals surface area contributed by atoms with Gasteiger partial charge in [-0.05, 0) is 57.0 Å². The molecular weight excluding hydrogens is 434 g/mol. The van der Waals surface area contributed by atoms with Crippen molar-refractivity contribution in [2.45, 2.75) is 26.7 Å². The third-order valence-corrected chi connectivity index (χ3v) is 6.64.